The van der Waals surface area contributed by atoms with Crippen molar-refractivity contribution in [3.63, 3.8) is 0 Å². The van der Waals surface area contributed by atoms with Crippen molar-refractivity contribution >= 4 is 29.1 Å². The quantitative estimate of drug-likeness (QED) is 0.290. The fourth-order valence-electron chi connectivity index (χ4n) is 4.53. The maximum Gasteiger partial charge on any atom is 0.343 e. The molecule has 1 aliphatic heterocycles. The van der Waals surface area contributed by atoms with E-state index in [1.54, 1.807) is 18.2 Å². The molecule has 1 saturated heterocycles. The third kappa shape index (κ3) is 5.95. The summed E-state index contributed by atoms with van der Waals surface area (Å²) in [5.41, 5.74) is 2.14. The number of rotatable bonds is 8. The van der Waals surface area contributed by atoms with Gasteiger partial charge in [0.1, 0.15) is 11.3 Å². The van der Waals surface area contributed by atoms with Crippen LogP contribution in [0.25, 0.3) is 11.0 Å². The van der Waals surface area contributed by atoms with Crippen LogP contribution in [0.3, 0.4) is 0 Å². The molecule has 0 spiro atoms. The summed E-state index contributed by atoms with van der Waals surface area (Å²) in [5.74, 6) is -0.358. The molecule has 176 valence electrons. The van der Waals surface area contributed by atoms with Gasteiger partial charge in [0.05, 0.1) is 10.9 Å². The first-order valence-corrected chi connectivity index (χ1v) is 11.3. The number of nitrogens with zero attached hydrogens (tertiary/aromatic N) is 3. The Morgan fingerprint density at radius 2 is 1.76 bits per heavy atom. The minimum absolute atomic E-state index is 0. The number of hydrogen-bond acceptors (Lipinski definition) is 6. The second-order valence-corrected chi connectivity index (χ2v) is 8.63. The number of para-hydroxylation sites is 1. The number of fused-ring (bicyclic) bond motifs is 1. The van der Waals surface area contributed by atoms with Gasteiger partial charge >= 0.3 is 5.63 Å². The second kappa shape index (κ2) is 11.3. The van der Waals surface area contributed by atoms with Crippen molar-refractivity contribution in [1.82, 2.24) is 9.91 Å². The van der Waals surface area contributed by atoms with Crippen LogP contribution in [0.4, 0.5) is 0 Å². The third-order valence-corrected chi connectivity index (χ3v) is 6.07. The van der Waals surface area contributed by atoms with E-state index in [4.69, 9.17) is 9.52 Å². The Balaban J connectivity index is 0.00000306. The van der Waals surface area contributed by atoms with E-state index < -0.39 is 5.63 Å². The Morgan fingerprint density at radius 3 is 2.45 bits per heavy atom. The van der Waals surface area contributed by atoms with Crippen LogP contribution >= 0.6 is 12.4 Å². The van der Waals surface area contributed by atoms with E-state index in [1.807, 2.05) is 55.5 Å². The van der Waals surface area contributed by atoms with Crippen LogP contribution in [-0.2, 0) is 0 Å². The Kier molecular flexibility index (Phi) is 8.53. The van der Waals surface area contributed by atoms with E-state index in [9.17, 15) is 9.90 Å². The highest BCUT2D eigenvalue weighted by atomic mass is 35.5. The summed E-state index contributed by atoms with van der Waals surface area (Å²) in [7, 11) is 3.82. The van der Waals surface area contributed by atoms with Crippen LogP contribution in [0.15, 0.2) is 68.9 Å². The zero-order valence-electron chi connectivity index (χ0n) is 19.2. The first kappa shape index (κ1) is 24.8. The highest BCUT2D eigenvalue weighted by molar-refractivity contribution is 5.87. The number of halogens is 1. The molecule has 4 rings (SSSR count). The van der Waals surface area contributed by atoms with Gasteiger partial charge in [-0.2, -0.15) is 5.10 Å². The minimum Gasteiger partial charge on any atom is -0.507 e. The SMILES string of the molecule is CN(C)/N=C(\CCN1CCCC1)CC(c1ccccc1)c1c(O)c2ccccc2oc1=O.Cl. The molecule has 3 aromatic rings. The van der Waals surface area contributed by atoms with Gasteiger partial charge in [-0.05, 0) is 50.0 Å². The molecule has 0 radical (unpaired) electrons. The first-order chi connectivity index (χ1) is 15.5. The van der Waals surface area contributed by atoms with Crippen LogP contribution in [0.1, 0.15) is 42.7 Å². The van der Waals surface area contributed by atoms with Crippen molar-refractivity contribution in [2.45, 2.75) is 31.6 Å². The number of aromatic hydroxyl groups is 1. The predicted octanol–water partition coefficient (Wildman–Crippen LogP) is 4.85. The molecule has 0 aliphatic carbocycles. The van der Waals surface area contributed by atoms with Gasteiger partial charge in [0.25, 0.3) is 0 Å². The van der Waals surface area contributed by atoms with Crippen LogP contribution in [0.5, 0.6) is 5.75 Å². The molecule has 2 aromatic carbocycles. The van der Waals surface area contributed by atoms with Crippen LogP contribution < -0.4 is 5.63 Å². The smallest absolute Gasteiger partial charge is 0.343 e. The molecule has 1 aliphatic rings. The molecule has 33 heavy (non-hydrogen) atoms. The van der Waals surface area contributed by atoms with Gasteiger partial charge in [-0.1, -0.05) is 42.5 Å². The molecule has 1 fully saturated rings. The zero-order chi connectivity index (χ0) is 22.5. The molecule has 1 atom stereocenters. The van der Waals surface area contributed by atoms with E-state index in [2.05, 4.69) is 4.90 Å². The van der Waals surface area contributed by atoms with Gasteiger partial charge in [-0.3, -0.25) is 0 Å². The maximum atomic E-state index is 13.1. The molecule has 2 heterocycles. The monoisotopic (exact) mass is 469 g/mol. The molecule has 0 saturated carbocycles. The molecule has 1 unspecified atom stereocenters. The average Bonchev–Trinajstić information content (AvgIpc) is 3.30. The number of hydrazone groups is 1. The van der Waals surface area contributed by atoms with Crippen molar-refractivity contribution in [2.75, 3.05) is 33.7 Å². The molecule has 1 N–H and O–H groups in total. The van der Waals surface area contributed by atoms with E-state index >= 15 is 0 Å². The molecular formula is C26H32ClN3O3. The van der Waals surface area contributed by atoms with Gasteiger partial charge in [0.2, 0.25) is 0 Å². The first-order valence-electron chi connectivity index (χ1n) is 11.3. The Bertz CT molecular complexity index is 1140. The normalized spacial score (nSPS) is 15.4. The van der Waals surface area contributed by atoms with Crippen LogP contribution in [-0.4, -0.2) is 54.5 Å². The number of likely N-dealkylation sites (tertiary alicyclic amines) is 1. The molecule has 0 amide bonds. The van der Waals surface area contributed by atoms with E-state index in [-0.39, 0.29) is 24.1 Å². The summed E-state index contributed by atoms with van der Waals surface area (Å²) in [5, 5.41) is 18.3. The molecule has 7 heteroatoms. The average molecular weight is 470 g/mol. The summed E-state index contributed by atoms with van der Waals surface area (Å²) < 4.78 is 5.61. The summed E-state index contributed by atoms with van der Waals surface area (Å²) in [6, 6.07) is 16.9. The van der Waals surface area contributed by atoms with Gasteiger partial charge < -0.3 is 19.4 Å². The lowest BCUT2D eigenvalue weighted by Gasteiger charge is -2.22. The molecule has 1 aromatic heterocycles. The highest BCUT2D eigenvalue weighted by Gasteiger charge is 2.26. The maximum absolute atomic E-state index is 13.1. The minimum atomic E-state index is -0.501. The lowest BCUT2D eigenvalue weighted by Crippen LogP contribution is -2.25. The standard InChI is InChI=1S/C26H31N3O3.ClH/c1-28(2)27-20(14-17-29-15-8-9-16-29)18-22(19-10-4-3-5-11-19)24-25(30)21-12-6-7-13-23(21)32-26(24)31;/h3-7,10-13,22,30H,8-9,14-18H2,1-2H3;1H/b27-20+;. The molecule has 6 nitrogen and oxygen atoms in total. The van der Waals surface area contributed by atoms with Crippen molar-refractivity contribution in [3.05, 3.63) is 76.1 Å². The second-order valence-electron chi connectivity index (χ2n) is 8.63. The van der Waals surface area contributed by atoms with Gasteiger partial charge in [0, 0.05) is 38.7 Å². The molecule has 0 bridgehead atoms. The van der Waals surface area contributed by atoms with Crippen LogP contribution in [0.2, 0.25) is 0 Å². The van der Waals surface area contributed by atoms with E-state index in [0.29, 0.717) is 23.0 Å². The third-order valence-electron chi connectivity index (χ3n) is 6.07. The van der Waals surface area contributed by atoms with Crippen molar-refractivity contribution < 1.29 is 9.52 Å². The lowest BCUT2D eigenvalue weighted by molar-refractivity contribution is 0.346. The Labute approximate surface area is 200 Å². The van der Waals surface area contributed by atoms with Crippen molar-refractivity contribution in [1.29, 1.82) is 0 Å². The Morgan fingerprint density at radius 1 is 1.09 bits per heavy atom. The van der Waals surface area contributed by atoms with Crippen molar-refractivity contribution in [3.8, 4) is 5.75 Å². The molecular weight excluding hydrogens is 438 g/mol. The fraction of sp³-hybridized carbons (Fsp3) is 0.385. The van der Waals surface area contributed by atoms with E-state index in [0.717, 1.165) is 37.3 Å². The highest BCUT2D eigenvalue weighted by Crippen LogP contribution is 2.36. The van der Waals surface area contributed by atoms with Crippen LogP contribution in [0, 0.1) is 0 Å². The van der Waals surface area contributed by atoms with E-state index in [1.165, 1.54) is 12.8 Å². The number of hydrogen-bond donors (Lipinski definition) is 1. The zero-order valence-corrected chi connectivity index (χ0v) is 20.1. The summed E-state index contributed by atoms with van der Waals surface area (Å²) in [6.45, 7) is 3.21. The lowest BCUT2D eigenvalue weighted by atomic mass is 9.86. The summed E-state index contributed by atoms with van der Waals surface area (Å²) >= 11 is 0. The summed E-state index contributed by atoms with van der Waals surface area (Å²) in [6.07, 6.45) is 3.85. The van der Waals surface area contributed by atoms with Gasteiger partial charge in [-0.15, -0.1) is 12.4 Å². The summed E-state index contributed by atoms with van der Waals surface area (Å²) in [4.78, 5) is 15.5. The number of benzene rings is 2. The predicted molar refractivity (Wildman–Crippen MR) is 136 cm³/mol. The fourth-order valence-corrected chi connectivity index (χ4v) is 4.53. The van der Waals surface area contributed by atoms with Crippen molar-refractivity contribution in [2.24, 2.45) is 5.10 Å². The Hall–Kier alpha value is -2.83. The topological polar surface area (TPSA) is 69.3 Å². The largest absolute Gasteiger partial charge is 0.507 e. The van der Waals surface area contributed by atoms with Gasteiger partial charge in [0.15, 0.2) is 0 Å². The van der Waals surface area contributed by atoms with Gasteiger partial charge in [-0.25, -0.2) is 4.79 Å².